The van der Waals surface area contributed by atoms with Crippen LogP contribution in [0, 0.1) is 0 Å². The lowest BCUT2D eigenvalue weighted by atomic mass is 10.3. The van der Waals surface area contributed by atoms with Gasteiger partial charge in [-0.3, -0.25) is 19.9 Å². The van der Waals surface area contributed by atoms with Gasteiger partial charge in [0, 0.05) is 54.1 Å². The molecule has 6 aromatic rings. The number of benzene rings is 1. The van der Waals surface area contributed by atoms with Crippen LogP contribution in [0.15, 0.2) is 114 Å². The van der Waals surface area contributed by atoms with Crippen LogP contribution < -0.4 is 0 Å². The molecule has 0 amide bonds. The minimum absolute atomic E-state index is 1.10. The molecule has 31 heavy (non-hydrogen) atoms. The van der Waals surface area contributed by atoms with Crippen LogP contribution in [0.1, 0.15) is 0 Å². The average molecular weight is 466 g/mol. The summed E-state index contributed by atoms with van der Waals surface area (Å²) in [5.74, 6) is 0. The normalized spacial score (nSPS) is 8.65. The molecule has 0 radical (unpaired) electrons. The molecule has 156 valence electrons. The minimum Gasteiger partial charge on any atom is -0.265 e. The Morgan fingerprint density at radius 2 is 1.32 bits per heavy atom. The van der Waals surface area contributed by atoms with Gasteiger partial charge in [-0.15, -0.1) is 27.8 Å². The van der Waals surface area contributed by atoms with Gasteiger partial charge in [0.15, 0.2) is 0 Å². The topological polar surface area (TPSA) is 90.2 Å². The van der Waals surface area contributed by atoms with Gasteiger partial charge >= 0.3 is 0 Å². The fraction of sp³-hybridized carbons (Fsp3) is 0. The Bertz CT molecular complexity index is 912. The first-order chi connectivity index (χ1) is 15.5. The molecule has 0 atom stereocenters. The van der Waals surface area contributed by atoms with E-state index < -0.39 is 0 Å². The molecule has 0 N–H and O–H groups in total. The maximum absolute atomic E-state index is 4.14. The average Bonchev–Trinajstić information content (AvgIpc) is 3.67. The minimum atomic E-state index is 1.10. The maximum Gasteiger partial charge on any atom is 0.0812 e. The van der Waals surface area contributed by atoms with Crippen LogP contribution in [-0.2, 0) is 0 Å². The second-order valence-electron chi connectivity index (χ2n) is 5.00. The van der Waals surface area contributed by atoms with E-state index in [4.69, 9.17) is 0 Å². The summed E-state index contributed by atoms with van der Waals surface area (Å²) in [6.45, 7) is 0. The van der Waals surface area contributed by atoms with Gasteiger partial charge in [0.05, 0.1) is 27.4 Å². The molecule has 7 nitrogen and oxygen atoms in total. The first-order valence-electron chi connectivity index (χ1n) is 8.83. The fourth-order valence-corrected chi connectivity index (χ4v) is 2.98. The maximum atomic E-state index is 4.14. The second kappa shape index (κ2) is 17.4. The predicted octanol–water partition coefficient (Wildman–Crippen LogP) is 5.54. The zero-order valence-electron chi connectivity index (χ0n) is 16.3. The standard InChI is InChI=1S/C7H5NS.C5H5N.C4H4N2.C3H3NS.C2H2N2S/c1-2-4-7-6(3-1)8-5-9-7;1-2-4-6-5-3-1;1-2-6-4-3-5-1;1-2-5-3-4-1;1-2-5-4-3-1/h1-5H;1-5H;1-4H;1-3H;1-2H. The van der Waals surface area contributed by atoms with Gasteiger partial charge in [0.1, 0.15) is 0 Å². The molecule has 0 aliphatic heterocycles. The van der Waals surface area contributed by atoms with Crippen LogP contribution in [-0.4, -0.2) is 34.5 Å². The molecule has 0 spiro atoms. The van der Waals surface area contributed by atoms with E-state index in [-0.39, 0.29) is 0 Å². The first-order valence-corrected chi connectivity index (χ1v) is 11.5. The zero-order chi connectivity index (χ0) is 21.7. The Hall–Kier alpha value is -3.47. The zero-order valence-corrected chi connectivity index (χ0v) is 18.8. The van der Waals surface area contributed by atoms with Crippen molar-refractivity contribution in [3.63, 3.8) is 0 Å². The van der Waals surface area contributed by atoms with E-state index in [9.17, 15) is 0 Å². The summed E-state index contributed by atoms with van der Waals surface area (Å²) in [5, 5.41) is 7.24. The van der Waals surface area contributed by atoms with Crippen molar-refractivity contribution in [3.8, 4) is 0 Å². The summed E-state index contributed by atoms with van der Waals surface area (Å²) in [5.41, 5.74) is 4.76. The summed E-state index contributed by atoms with van der Waals surface area (Å²) in [6, 6.07) is 13.8. The Kier molecular flexibility index (Phi) is 13.4. The number of para-hydroxylation sites is 1. The summed E-state index contributed by atoms with van der Waals surface area (Å²) in [6.07, 6.45) is 13.5. The summed E-state index contributed by atoms with van der Waals surface area (Å²) >= 11 is 4.63. The van der Waals surface area contributed by atoms with Crippen molar-refractivity contribution in [1.29, 1.82) is 0 Å². The highest BCUT2D eigenvalue weighted by atomic mass is 32.1. The Morgan fingerprint density at radius 3 is 1.71 bits per heavy atom. The number of rotatable bonds is 0. The van der Waals surface area contributed by atoms with E-state index in [1.54, 1.807) is 77.8 Å². The molecule has 1 aromatic carbocycles. The highest BCUT2D eigenvalue weighted by Crippen LogP contribution is 2.15. The van der Waals surface area contributed by atoms with Gasteiger partial charge in [0.2, 0.25) is 0 Å². The van der Waals surface area contributed by atoms with Gasteiger partial charge in [0.25, 0.3) is 0 Å². The molecular weight excluding hydrogens is 446 g/mol. The first kappa shape index (κ1) is 23.8. The monoisotopic (exact) mass is 465 g/mol. The van der Waals surface area contributed by atoms with Crippen LogP contribution in [0.25, 0.3) is 10.2 Å². The number of hydrogen-bond acceptors (Lipinski definition) is 10. The molecule has 0 unspecified atom stereocenters. The van der Waals surface area contributed by atoms with Crippen LogP contribution >= 0.6 is 34.2 Å². The third kappa shape index (κ3) is 12.6. The number of thiazole rings is 2. The molecular formula is C21H19N7S3. The molecule has 0 saturated carbocycles. The van der Waals surface area contributed by atoms with Gasteiger partial charge in [-0.25, -0.2) is 4.98 Å². The van der Waals surface area contributed by atoms with Crippen molar-refractivity contribution in [2.75, 3.05) is 0 Å². The highest BCUT2D eigenvalue weighted by Gasteiger charge is 1.89. The predicted molar refractivity (Wildman–Crippen MR) is 128 cm³/mol. The van der Waals surface area contributed by atoms with Crippen molar-refractivity contribution in [2.45, 2.75) is 0 Å². The Balaban J connectivity index is 0.000000141. The number of nitrogens with zero attached hydrogens (tertiary/aromatic N) is 7. The number of aromatic nitrogens is 7. The third-order valence-electron chi connectivity index (χ3n) is 2.91. The van der Waals surface area contributed by atoms with E-state index >= 15 is 0 Å². The van der Waals surface area contributed by atoms with E-state index in [0.717, 1.165) is 5.52 Å². The molecule has 0 aliphatic rings. The lowest BCUT2D eigenvalue weighted by Gasteiger charge is -1.80. The molecule has 0 aliphatic carbocycles. The summed E-state index contributed by atoms with van der Waals surface area (Å²) in [7, 11) is 0. The van der Waals surface area contributed by atoms with Gasteiger partial charge in [-0.1, -0.05) is 22.7 Å². The van der Waals surface area contributed by atoms with Gasteiger partial charge < -0.3 is 0 Å². The fourth-order valence-electron chi connectivity index (χ4n) is 1.68. The van der Waals surface area contributed by atoms with Crippen LogP contribution in [0.5, 0.6) is 0 Å². The van der Waals surface area contributed by atoms with E-state index in [2.05, 4.69) is 40.6 Å². The molecule has 5 heterocycles. The summed E-state index contributed by atoms with van der Waals surface area (Å²) in [4.78, 5) is 19.1. The Morgan fingerprint density at radius 1 is 0.581 bits per heavy atom. The van der Waals surface area contributed by atoms with Crippen LogP contribution in [0.4, 0.5) is 0 Å². The van der Waals surface area contributed by atoms with Crippen LogP contribution in [0.2, 0.25) is 0 Å². The van der Waals surface area contributed by atoms with Crippen molar-refractivity contribution in [2.24, 2.45) is 0 Å². The number of hydrogen-bond donors (Lipinski definition) is 0. The van der Waals surface area contributed by atoms with Crippen molar-refractivity contribution in [3.05, 3.63) is 114 Å². The molecule has 6 rings (SSSR count). The number of fused-ring (bicyclic) bond motifs is 1. The van der Waals surface area contributed by atoms with Crippen molar-refractivity contribution >= 4 is 44.4 Å². The number of pyridine rings is 1. The molecule has 0 fully saturated rings. The SMILES string of the molecule is c1ccc2scnc2c1.c1ccncc1.c1cnccn1.c1cscn1.c1csnn1. The van der Waals surface area contributed by atoms with Crippen molar-refractivity contribution in [1.82, 2.24) is 34.5 Å². The van der Waals surface area contributed by atoms with E-state index in [1.165, 1.54) is 16.2 Å². The van der Waals surface area contributed by atoms with E-state index in [0.29, 0.717) is 0 Å². The molecule has 0 bridgehead atoms. The van der Waals surface area contributed by atoms with Gasteiger partial charge in [-0.2, -0.15) is 0 Å². The largest absolute Gasteiger partial charge is 0.265 e. The van der Waals surface area contributed by atoms with E-state index in [1.807, 2.05) is 52.7 Å². The third-order valence-corrected chi connectivity index (χ3v) is 4.67. The quantitative estimate of drug-likeness (QED) is 0.291. The highest BCUT2D eigenvalue weighted by molar-refractivity contribution is 7.16. The van der Waals surface area contributed by atoms with Gasteiger partial charge in [-0.05, 0) is 35.8 Å². The van der Waals surface area contributed by atoms with Crippen molar-refractivity contribution < 1.29 is 0 Å². The molecule has 5 aromatic heterocycles. The summed E-state index contributed by atoms with van der Waals surface area (Å²) < 4.78 is 4.78. The lowest BCUT2D eigenvalue weighted by Crippen LogP contribution is -1.66. The second-order valence-corrected chi connectivity index (χ2v) is 7.29. The molecule has 10 heteroatoms. The van der Waals surface area contributed by atoms with Crippen LogP contribution in [0.3, 0.4) is 0 Å². The smallest absolute Gasteiger partial charge is 0.0812 e. The molecule has 0 saturated heterocycles. The lowest BCUT2D eigenvalue weighted by molar-refractivity contribution is 1.16. The Labute approximate surface area is 192 Å².